The van der Waals surface area contributed by atoms with Crippen molar-refractivity contribution in [3.05, 3.63) is 41.1 Å². The number of halogens is 1. The average molecular weight is 449 g/mol. The number of amides is 2. The molecule has 1 fully saturated rings. The normalized spacial score (nSPS) is 16.5. The molecule has 3 rings (SSSR count). The van der Waals surface area contributed by atoms with Crippen LogP contribution in [0, 0.1) is 0 Å². The second-order valence-corrected chi connectivity index (χ2v) is 7.58. The van der Waals surface area contributed by atoms with Crippen molar-refractivity contribution in [1.29, 1.82) is 0 Å². The summed E-state index contributed by atoms with van der Waals surface area (Å²) in [4.78, 5) is 22.6. The molecule has 1 atom stereocenters. The fourth-order valence-corrected chi connectivity index (χ4v) is 3.11. The number of hydrogen-bond acceptors (Lipinski definition) is 5. The van der Waals surface area contributed by atoms with Gasteiger partial charge in [0.25, 0.3) is 0 Å². The Hall–Kier alpha value is -2.35. The second kappa shape index (κ2) is 10.3. The number of carbonyl (C=O) groups excluding carboxylic acids is 1. The number of likely N-dealkylation sites (tertiary alicyclic amines) is 1. The summed E-state index contributed by atoms with van der Waals surface area (Å²) in [5.74, 6) is 0.812. The highest BCUT2D eigenvalue weighted by Crippen LogP contribution is 2.19. The van der Waals surface area contributed by atoms with Crippen LogP contribution < -0.4 is 14.8 Å². The van der Waals surface area contributed by atoms with Crippen molar-refractivity contribution >= 4 is 27.6 Å². The first-order valence-electron chi connectivity index (χ1n) is 9.57. The van der Waals surface area contributed by atoms with Gasteiger partial charge in [0.1, 0.15) is 11.9 Å². The molecule has 7 nitrogen and oxygen atoms in total. The van der Waals surface area contributed by atoms with Crippen LogP contribution in [-0.4, -0.2) is 46.7 Å². The van der Waals surface area contributed by atoms with Crippen molar-refractivity contribution in [1.82, 2.24) is 14.9 Å². The molecule has 0 aliphatic carbocycles. The largest absolute Gasteiger partial charge is 0.494 e. The van der Waals surface area contributed by atoms with E-state index in [2.05, 4.69) is 38.1 Å². The molecule has 2 aromatic rings. The van der Waals surface area contributed by atoms with Gasteiger partial charge in [0.2, 0.25) is 0 Å². The van der Waals surface area contributed by atoms with Gasteiger partial charge in [0.05, 0.1) is 17.6 Å². The topological polar surface area (TPSA) is 76.6 Å². The molecular formula is C20H25BrN4O3. The van der Waals surface area contributed by atoms with Gasteiger partial charge in [-0.25, -0.2) is 14.8 Å². The number of ether oxygens (including phenoxy) is 2. The minimum atomic E-state index is -0.135. The molecule has 1 aromatic carbocycles. The number of carbonyl (C=O) groups is 1. The zero-order valence-corrected chi connectivity index (χ0v) is 17.5. The van der Waals surface area contributed by atoms with Crippen LogP contribution in [0.15, 0.2) is 41.1 Å². The van der Waals surface area contributed by atoms with Crippen molar-refractivity contribution < 1.29 is 14.3 Å². The lowest BCUT2D eigenvalue weighted by molar-refractivity contribution is 0.0982. The molecule has 0 radical (unpaired) electrons. The number of urea groups is 1. The van der Waals surface area contributed by atoms with E-state index in [1.165, 1.54) is 0 Å². The molecule has 2 amide bonds. The molecule has 150 valence electrons. The number of unbranched alkanes of at least 4 members (excludes halogenated alkanes) is 1. The summed E-state index contributed by atoms with van der Waals surface area (Å²) in [6.45, 7) is 4.04. The van der Waals surface area contributed by atoms with Crippen molar-refractivity contribution in [2.24, 2.45) is 0 Å². The molecule has 0 bridgehead atoms. The van der Waals surface area contributed by atoms with Crippen LogP contribution >= 0.6 is 15.9 Å². The highest BCUT2D eigenvalue weighted by atomic mass is 79.9. The van der Waals surface area contributed by atoms with E-state index in [9.17, 15) is 4.79 Å². The first kappa shape index (κ1) is 20.4. The van der Waals surface area contributed by atoms with Gasteiger partial charge < -0.3 is 19.7 Å². The summed E-state index contributed by atoms with van der Waals surface area (Å²) in [5, 5.41) is 2.94. The van der Waals surface area contributed by atoms with E-state index in [0.717, 1.165) is 41.6 Å². The lowest BCUT2D eigenvalue weighted by Gasteiger charge is -2.32. The summed E-state index contributed by atoms with van der Waals surface area (Å²) in [6.07, 6.45) is 7.04. The Kier molecular flexibility index (Phi) is 7.47. The van der Waals surface area contributed by atoms with Gasteiger partial charge in [-0.1, -0.05) is 13.3 Å². The molecule has 0 saturated carbocycles. The van der Waals surface area contributed by atoms with Crippen LogP contribution in [0.2, 0.25) is 0 Å². The molecule has 1 aliphatic rings. The van der Waals surface area contributed by atoms with Gasteiger partial charge in [-0.05, 0) is 59.5 Å². The van der Waals surface area contributed by atoms with E-state index in [-0.39, 0.29) is 12.1 Å². The maximum atomic E-state index is 12.6. The van der Waals surface area contributed by atoms with Gasteiger partial charge >= 0.3 is 12.0 Å². The lowest BCUT2D eigenvalue weighted by atomic mass is 10.1. The Labute approximate surface area is 173 Å². The van der Waals surface area contributed by atoms with Gasteiger partial charge in [-0.2, -0.15) is 0 Å². The fourth-order valence-electron chi connectivity index (χ4n) is 2.90. The molecule has 8 heteroatoms. The highest BCUT2D eigenvalue weighted by molar-refractivity contribution is 9.10. The van der Waals surface area contributed by atoms with Gasteiger partial charge in [0.15, 0.2) is 0 Å². The van der Waals surface area contributed by atoms with Gasteiger partial charge in [-0.3, -0.25) is 0 Å². The third-order valence-electron chi connectivity index (χ3n) is 4.41. The number of benzene rings is 1. The van der Waals surface area contributed by atoms with E-state index in [0.29, 0.717) is 25.7 Å². The first-order valence-corrected chi connectivity index (χ1v) is 10.4. The quantitative estimate of drug-likeness (QED) is 0.631. The summed E-state index contributed by atoms with van der Waals surface area (Å²) in [5.41, 5.74) is 0.743. The summed E-state index contributed by atoms with van der Waals surface area (Å²) in [6, 6.07) is 7.65. The van der Waals surface area contributed by atoms with E-state index in [4.69, 9.17) is 9.47 Å². The van der Waals surface area contributed by atoms with Gasteiger partial charge in [0, 0.05) is 24.6 Å². The zero-order chi connectivity index (χ0) is 19.8. The Morgan fingerprint density at radius 1 is 1.29 bits per heavy atom. The second-order valence-electron chi connectivity index (χ2n) is 6.67. The third-order valence-corrected chi connectivity index (χ3v) is 4.82. The number of rotatable bonds is 7. The number of aromatic nitrogens is 2. The molecule has 2 heterocycles. The molecule has 0 spiro atoms. The molecule has 1 unspecified atom stereocenters. The third kappa shape index (κ3) is 6.09. The fraction of sp³-hybridized carbons (Fsp3) is 0.450. The minimum Gasteiger partial charge on any atom is -0.494 e. The first-order chi connectivity index (χ1) is 13.6. The predicted molar refractivity (Wildman–Crippen MR) is 111 cm³/mol. The van der Waals surface area contributed by atoms with Crippen LogP contribution in [0.4, 0.5) is 10.5 Å². The standard InChI is InChI=1S/C20H25BrN4O3/c1-2-3-11-27-17-8-6-16(7-9-17)24-20(26)25-10-4-5-18(14-25)28-19-22-12-15(21)13-23-19/h6-9,12-13,18H,2-5,10-11,14H2,1H3,(H,24,26). The molecule has 1 aliphatic heterocycles. The number of anilines is 1. The number of hydrogen-bond donors (Lipinski definition) is 1. The Morgan fingerprint density at radius 2 is 2.04 bits per heavy atom. The van der Waals surface area contributed by atoms with E-state index in [1.807, 2.05) is 24.3 Å². The van der Waals surface area contributed by atoms with Crippen molar-refractivity contribution in [2.75, 3.05) is 25.0 Å². The summed E-state index contributed by atoms with van der Waals surface area (Å²) in [7, 11) is 0. The van der Waals surface area contributed by atoms with Crippen LogP contribution in [-0.2, 0) is 0 Å². The molecule has 1 aromatic heterocycles. The lowest BCUT2D eigenvalue weighted by Crippen LogP contribution is -2.46. The van der Waals surface area contributed by atoms with Crippen molar-refractivity contribution in [3.8, 4) is 11.8 Å². The smallest absolute Gasteiger partial charge is 0.321 e. The summed E-state index contributed by atoms with van der Waals surface area (Å²) < 4.78 is 12.3. The average Bonchev–Trinajstić information content (AvgIpc) is 2.71. The molecule has 1 N–H and O–H groups in total. The van der Waals surface area contributed by atoms with E-state index in [1.54, 1.807) is 17.3 Å². The van der Waals surface area contributed by atoms with Crippen LogP contribution in [0.3, 0.4) is 0 Å². The predicted octanol–water partition coefficient (Wildman–Crippen LogP) is 4.49. The maximum Gasteiger partial charge on any atom is 0.321 e. The van der Waals surface area contributed by atoms with Crippen molar-refractivity contribution in [2.45, 2.75) is 38.7 Å². The molecule has 1 saturated heterocycles. The number of nitrogens with one attached hydrogen (secondary N) is 1. The number of piperidine rings is 1. The summed E-state index contributed by atoms with van der Waals surface area (Å²) >= 11 is 3.30. The molecule has 28 heavy (non-hydrogen) atoms. The van der Waals surface area contributed by atoms with Crippen LogP contribution in [0.1, 0.15) is 32.6 Å². The SMILES string of the molecule is CCCCOc1ccc(NC(=O)N2CCCC(Oc3ncc(Br)cn3)C2)cc1. The molecular weight excluding hydrogens is 424 g/mol. The minimum absolute atomic E-state index is 0.116. The van der Waals surface area contributed by atoms with Crippen molar-refractivity contribution in [3.63, 3.8) is 0 Å². The number of nitrogens with zero attached hydrogens (tertiary/aromatic N) is 3. The monoisotopic (exact) mass is 448 g/mol. The van der Waals surface area contributed by atoms with E-state index < -0.39 is 0 Å². The van der Waals surface area contributed by atoms with E-state index >= 15 is 0 Å². The Bertz CT molecular complexity index is 755. The maximum absolute atomic E-state index is 12.6. The highest BCUT2D eigenvalue weighted by Gasteiger charge is 2.25. The van der Waals surface area contributed by atoms with Crippen LogP contribution in [0.5, 0.6) is 11.8 Å². The Balaban J connectivity index is 1.50. The van der Waals surface area contributed by atoms with Crippen LogP contribution in [0.25, 0.3) is 0 Å². The zero-order valence-electron chi connectivity index (χ0n) is 15.9. The van der Waals surface area contributed by atoms with Gasteiger partial charge in [-0.15, -0.1) is 0 Å². The Morgan fingerprint density at radius 3 is 2.75 bits per heavy atom.